The van der Waals surface area contributed by atoms with Gasteiger partial charge in [0.25, 0.3) is 0 Å². The molecule has 0 aliphatic carbocycles. The molecular weight excluding hydrogens is 294 g/mol. The molecule has 8 nitrogen and oxygen atoms in total. The number of furan rings is 1. The van der Waals surface area contributed by atoms with Gasteiger partial charge in [0.1, 0.15) is 16.3 Å². The summed E-state index contributed by atoms with van der Waals surface area (Å²) in [6, 6.07) is 3.55. The monoisotopic (exact) mass is 305 g/mol. The van der Waals surface area contributed by atoms with Crippen molar-refractivity contribution in [2.75, 3.05) is 11.5 Å². The molecule has 0 bridgehead atoms. The minimum Gasteiger partial charge on any atom is -0.460 e. The number of nitrogens with zero attached hydrogens (tertiary/aromatic N) is 2. The van der Waals surface area contributed by atoms with Gasteiger partial charge < -0.3 is 26.4 Å². The summed E-state index contributed by atoms with van der Waals surface area (Å²) in [5.74, 6) is 1.29. The van der Waals surface area contributed by atoms with Crippen LogP contribution in [0.2, 0.25) is 0 Å². The first-order valence-electron chi connectivity index (χ1n) is 5.85. The third kappa shape index (κ3) is 2.23. The van der Waals surface area contributed by atoms with Crippen LogP contribution in [-0.2, 0) is 0 Å². The minimum atomic E-state index is -0.954. The van der Waals surface area contributed by atoms with Crippen molar-refractivity contribution in [1.29, 1.82) is 0 Å². The second-order valence-corrected chi connectivity index (χ2v) is 5.21. The lowest BCUT2D eigenvalue weighted by molar-refractivity contribution is 0.212. The maximum absolute atomic E-state index is 10.9. The maximum Gasteiger partial charge on any atom is 0.410 e. The number of nitrogen functional groups attached to an aromatic ring is 2. The van der Waals surface area contributed by atoms with Gasteiger partial charge in [-0.1, -0.05) is 11.3 Å². The van der Waals surface area contributed by atoms with Crippen LogP contribution in [0, 0.1) is 6.92 Å². The Morgan fingerprint density at radius 2 is 2.10 bits per heavy atom. The first kappa shape index (κ1) is 13.2. The molecule has 0 atom stereocenters. The molecule has 3 aromatic heterocycles. The van der Waals surface area contributed by atoms with E-state index in [2.05, 4.69) is 9.97 Å². The molecule has 3 rings (SSSR count). The number of carbonyl (C=O) groups excluding carboxylic acids is 1. The highest BCUT2D eigenvalue weighted by atomic mass is 32.1. The first-order valence-corrected chi connectivity index (χ1v) is 6.67. The summed E-state index contributed by atoms with van der Waals surface area (Å²) in [5, 5.41) is 0.668. The van der Waals surface area contributed by atoms with Crippen LogP contribution in [-0.4, -0.2) is 16.1 Å². The fraction of sp³-hybridized carbons (Fsp3) is 0.0833. The maximum atomic E-state index is 10.9. The highest BCUT2D eigenvalue weighted by Gasteiger charge is 2.21. The summed E-state index contributed by atoms with van der Waals surface area (Å²) in [6.07, 6.45) is -0.954. The fourth-order valence-corrected chi connectivity index (χ4v) is 2.88. The van der Waals surface area contributed by atoms with Crippen molar-refractivity contribution >= 4 is 39.3 Å². The van der Waals surface area contributed by atoms with Crippen LogP contribution >= 0.6 is 11.3 Å². The van der Waals surface area contributed by atoms with Crippen LogP contribution in [0.1, 0.15) is 5.76 Å². The lowest BCUT2D eigenvalue weighted by Crippen LogP contribution is -2.16. The number of fused-ring (bicyclic) bond motifs is 1. The van der Waals surface area contributed by atoms with Gasteiger partial charge in [0, 0.05) is 0 Å². The van der Waals surface area contributed by atoms with E-state index in [1.165, 1.54) is 0 Å². The Hall–Kier alpha value is -2.81. The highest BCUT2D eigenvalue weighted by Crippen LogP contribution is 2.43. The van der Waals surface area contributed by atoms with Crippen molar-refractivity contribution in [2.24, 2.45) is 5.73 Å². The van der Waals surface area contributed by atoms with Crippen LogP contribution in [0.5, 0.6) is 5.06 Å². The second-order valence-electron chi connectivity index (χ2n) is 4.25. The van der Waals surface area contributed by atoms with E-state index >= 15 is 0 Å². The summed E-state index contributed by atoms with van der Waals surface area (Å²) >= 11 is 1.06. The molecule has 0 fully saturated rings. The molecule has 3 aromatic rings. The van der Waals surface area contributed by atoms with Gasteiger partial charge in [0.05, 0.1) is 11.1 Å². The average molecular weight is 305 g/mol. The Morgan fingerprint density at radius 3 is 2.71 bits per heavy atom. The Bertz CT molecular complexity index is 854. The Kier molecular flexibility index (Phi) is 2.91. The van der Waals surface area contributed by atoms with Crippen LogP contribution in [0.3, 0.4) is 0 Å². The number of primary amides is 1. The molecule has 0 unspecified atom stereocenters. The average Bonchev–Trinajstić information content (AvgIpc) is 2.94. The first-order chi connectivity index (χ1) is 9.95. The van der Waals surface area contributed by atoms with Gasteiger partial charge in [-0.2, -0.15) is 0 Å². The Morgan fingerprint density at radius 1 is 1.33 bits per heavy atom. The number of ether oxygens (including phenoxy) is 1. The van der Waals surface area contributed by atoms with Gasteiger partial charge in [-0.25, -0.2) is 14.8 Å². The molecule has 0 saturated heterocycles. The number of aryl methyl sites for hydroxylation is 1. The fourth-order valence-electron chi connectivity index (χ4n) is 1.93. The van der Waals surface area contributed by atoms with E-state index in [4.69, 9.17) is 26.4 Å². The lowest BCUT2D eigenvalue weighted by atomic mass is 10.2. The van der Waals surface area contributed by atoms with Crippen molar-refractivity contribution in [2.45, 2.75) is 6.92 Å². The molecular formula is C12H11N5O3S. The van der Waals surface area contributed by atoms with E-state index in [1.54, 1.807) is 12.1 Å². The normalized spacial score (nSPS) is 10.9. The van der Waals surface area contributed by atoms with Crippen LogP contribution < -0.4 is 21.9 Å². The molecule has 3 heterocycles. The number of anilines is 2. The van der Waals surface area contributed by atoms with Gasteiger partial charge in [-0.15, -0.1) is 0 Å². The number of hydrogen-bond donors (Lipinski definition) is 3. The SMILES string of the molecule is Cc1ccc(-c2nc(N)nc3sc(OC(N)=O)c(N)c23)o1. The predicted molar refractivity (Wildman–Crippen MR) is 78.9 cm³/mol. The lowest BCUT2D eigenvalue weighted by Gasteiger charge is -2.02. The smallest absolute Gasteiger partial charge is 0.410 e. The van der Waals surface area contributed by atoms with Crippen molar-refractivity contribution in [1.82, 2.24) is 9.97 Å². The number of nitrogens with two attached hydrogens (primary N) is 3. The van der Waals surface area contributed by atoms with E-state index in [1.807, 2.05) is 6.92 Å². The van der Waals surface area contributed by atoms with E-state index in [-0.39, 0.29) is 16.7 Å². The van der Waals surface area contributed by atoms with Crippen LogP contribution in [0.25, 0.3) is 21.7 Å². The molecule has 0 radical (unpaired) electrons. The molecule has 108 valence electrons. The van der Waals surface area contributed by atoms with Crippen LogP contribution in [0.4, 0.5) is 16.4 Å². The molecule has 0 aliphatic rings. The van der Waals surface area contributed by atoms with Gasteiger partial charge in [0.15, 0.2) is 5.76 Å². The summed E-state index contributed by atoms with van der Waals surface area (Å²) in [6.45, 7) is 1.81. The quantitative estimate of drug-likeness (QED) is 0.655. The van der Waals surface area contributed by atoms with E-state index in [9.17, 15) is 4.79 Å². The van der Waals surface area contributed by atoms with Crippen molar-refractivity contribution in [3.8, 4) is 16.5 Å². The zero-order valence-corrected chi connectivity index (χ0v) is 11.7. The largest absolute Gasteiger partial charge is 0.460 e. The van der Waals surface area contributed by atoms with E-state index < -0.39 is 6.09 Å². The molecule has 0 aliphatic heterocycles. The molecule has 0 aromatic carbocycles. The number of carbonyl (C=O) groups is 1. The second kappa shape index (κ2) is 4.63. The molecule has 9 heteroatoms. The van der Waals surface area contributed by atoms with Gasteiger partial charge >= 0.3 is 6.09 Å². The number of aromatic nitrogens is 2. The number of hydrogen-bond acceptors (Lipinski definition) is 8. The van der Waals surface area contributed by atoms with Gasteiger partial charge in [0.2, 0.25) is 11.0 Å². The summed E-state index contributed by atoms with van der Waals surface area (Å²) in [5.41, 5.74) is 17.4. The number of rotatable bonds is 2. The van der Waals surface area contributed by atoms with Crippen molar-refractivity contribution in [3.05, 3.63) is 17.9 Å². The zero-order valence-electron chi connectivity index (χ0n) is 10.9. The Balaban J connectivity index is 2.28. The van der Waals surface area contributed by atoms with Crippen molar-refractivity contribution in [3.63, 3.8) is 0 Å². The van der Waals surface area contributed by atoms with Gasteiger partial charge in [-0.05, 0) is 19.1 Å². The topological polar surface area (TPSA) is 143 Å². The summed E-state index contributed by atoms with van der Waals surface area (Å²) < 4.78 is 10.4. The molecule has 1 amide bonds. The Labute approximate surface area is 122 Å². The molecule has 0 spiro atoms. The predicted octanol–water partition coefficient (Wildman–Crippen LogP) is 1.88. The number of thiophene rings is 1. The van der Waals surface area contributed by atoms with E-state index in [0.29, 0.717) is 21.7 Å². The van der Waals surface area contributed by atoms with Crippen LogP contribution in [0.15, 0.2) is 16.5 Å². The zero-order chi connectivity index (χ0) is 15.1. The van der Waals surface area contributed by atoms with Gasteiger partial charge in [-0.3, -0.25) is 0 Å². The number of amides is 1. The molecule has 0 saturated carbocycles. The highest BCUT2D eigenvalue weighted by molar-refractivity contribution is 7.21. The summed E-state index contributed by atoms with van der Waals surface area (Å²) in [7, 11) is 0. The molecule has 6 N–H and O–H groups in total. The summed E-state index contributed by atoms with van der Waals surface area (Å²) in [4.78, 5) is 19.6. The molecule has 21 heavy (non-hydrogen) atoms. The third-order valence-electron chi connectivity index (χ3n) is 2.74. The van der Waals surface area contributed by atoms with Crippen molar-refractivity contribution < 1.29 is 13.9 Å². The standard InChI is InChI=1S/C12H11N5O3S/c1-4-2-3-5(19-4)8-6-7(13)10(20-12(15)18)21-9(6)17-11(14)16-8/h2-3H,13H2,1H3,(H2,15,18)(H2,14,16,17). The minimum absolute atomic E-state index is 0.0680. The third-order valence-corrected chi connectivity index (χ3v) is 3.72. The van der Waals surface area contributed by atoms with E-state index in [0.717, 1.165) is 17.1 Å².